The first kappa shape index (κ1) is 20.5. The maximum atomic E-state index is 13.6. The number of carbonyl (C=O) groups excluding carboxylic acids is 1. The molecule has 4 rings (SSSR count). The van der Waals surface area contributed by atoms with Crippen molar-refractivity contribution >= 4 is 5.91 Å². The van der Waals surface area contributed by atoms with Gasteiger partial charge < -0.3 is 5.32 Å². The topological polar surface area (TPSA) is 59.6 Å². The van der Waals surface area contributed by atoms with Crippen LogP contribution in [-0.4, -0.2) is 54.1 Å². The Balaban J connectivity index is 1.56. The minimum absolute atomic E-state index is 0.220. The Hall–Kier alpha value is -1.75. The summed E-state index contributed by atoms with van der Waals surface area (Å²) in [5.74, 6) is -0.848. The summed E-state index contributed by atoms with van der Waals surface area (Å²) in [5, 5.41) is 8.10. The molecule has 4 unspecified atom stereocenters. The quantitative estimate of drug-likeness (QED) is 0.657. The zero-order valence-corrected chi connectivity index (χ0v) is 16.0. The predicted octanol–water partition coefficient (Wildman–Crippen LogP) is 1.97. The monoisotopic (exact) mass is 415 g/mol. The zero-order chi connectivity index (χ0) is 20.8. The molecular weight excluding hydrogens is 390 g/mol. The van der Waals surface area contributed by atoms with E-state index in [2.05, 4.69) is 21.0 Å². The molecule has 1 aromatic carbocycles. The number of benzene rings is 1. The van der Waals surface area contributed by atoms with Crippen LogP contribution in [0.25, 0.3) is 0 Å². The smallest absolute Gasteiger partial charge is 0.327 e. The standard InChI is InChI=1S/C19H25F4N5O/c1-11(12-4-6-13(7-5-12)19(21,22)23)28-16-15(14(10-20)26-28)17(29)25-18(24-16)27-8-2-3-9-27/h4-7,11,14-16,18,24,26H,2-3,8-10H2,1H3,(H,25,29)/t11-,14?,15?,16?,18?/m0/s1. The summed E-state index contributed by atoms with van der Waals surface area (Å²) in [5.41, 5.74) is 2.99. The molecule has 29 heavy (non-hydrogen) atoms. The number of amides is 1. The summed E-state index contributed by atoms with van der Waals surface area (Å²) >= 11 is 0. The molecule has 1 aromatic rings. The van der Waals surface area contributed by atoms with Gasteiger partial charge in [-0.1, -0.05) is 12.1 Å². The first-order chi connectivity index (χ1) is 13.8. The Morgan fingerprint density at radius 2 is 1.83 bits per heavy atom. The minimum Gasteiger partial charge on any atom is -0.327 e. The van der Waals surface area contributed by atoms with Gasteiger partial charge in [-0.3, -0.25) is 15.0 Å². The fraction of sp³-hybridized carbons (Fsp3) is 0.632. The molecule has 0 aliphatic carbocycles. The number of hydrazine groups is 1. The lowest BCUT2D eigenvalue weighted by Crippen LogP contribution is -2.69. The number of rotatable bonds is 4. The van der Waals surface area contributed by atoms with Crippen LogP contribution in [0.2, 0.25) is 0 Å². The highest BCUT2D eigenvalue weighted by atomic mass is 19.4. The molecule has 6 nitrogen and oxygen atoms in total. The molecule has 3 aliphatic heterocycles. The van der Waals surface area contributed by atoms with Gasteiger partial charge in [-0.15, -0.1) is 0 Å². The van der Waals surface area contributed by atoms with E-state index in [1.807, 2.05) is 6.92 Å². The maximum absolute atomic E-state index is 13.6. The fourth-order valence-electron chi connectivity index (χ4n) is 4.48. The van der Waals surface area contributed by atoms with Crippen LogP contribution in [0.1, 0.15) is 36.9 Å². The van der Waals surface area contributed by atoms with Crippen molar-refractivity contribution in [3.05, 3.63) is 35.4 Å². The van der Waals surface area contributed by atoms with Crippen LogP contribution in [-0.2, 0) is 11.0 Å². The second-order valence-corrected chi connectivity index (χ2v) is 7.88. The predicted molar refractivity (Wildman–Crippen MR) is 97.7 cm³/mol. The number of halogens is 4. The highest BCUT2D eigenvalue weighted by Crippen LogP contribution is 2.34. The van der Waals surface area contributed by atoms with E-state index < -0.39 is 36.5 Å². The van der Waals surface area contributed by atoms with Crippen LogP contribution in [0.15, 0.2) is 24.3 Å². The Labute approximate surface area is 166 Å². The highest BCUT2D eigenvalue weighted by molar-refractivity contribution is 5.81. The van der Waals surface area contributed by atoms with E-state index in [9.17, 15) is 22.4 Å². The van der Waals surface area contributed by atoms with E-state index in [-0.39, 0.29) is 18.2 Å². The lowest BCUT2D eigenvalue weighted by molar-refractivity contribution is -0.137. The molecule has 3 heterocycles. The summed E-state index contributed by atoms with van der Waals surface area (Å²) in [6.45, 7) is 2.83. The Morgan fingerprint density at radius 3 is 2.41 bits per heavy atom. The molecule has 0 saturated carbocycles. The van der Waals surface area contributed by atoms with Crippen molar-refractivity contribution in [2.75, 3.05) is 19.8 Å². The molecule has 1 amide bonds. The third kappa shape index (κ3) is 3.86. The van der Waals surface area contributed by atoms with E-state index in [0.717, 1.165) is 38.1 Å². The number of fused-ring (bicyclic) bond motifs is 1. The van der Waals surface area contributed by atoms with Crippen molar-refractivity contribution in [1.82, 2.24) is 26.0 Å². The lowest BCUT2D eigenvalue weighted by atomic mass is 9.95. The highest BCUT2D eigenvalue weighted by Gasteiger charge is 2.52. The SMILES string of the molecule is C[C@@H](c1ccc(C(F)(F)F)cc1)N1NC(CF)C2C(=O)NC(N3CCCC3)NC21. The van der Waals surface area contributed by atoms with E-state index in [0.29, 0.717) is 5.56 Å². The van der Waals surface area contributed by atoms with Crippen LogP contribution < -0.4 is 16.1 Å². The first-order valence-electron chi connectivity index (χ1n) is 9.87. The number of nitrogens with one attached hydrogen (secondary N) is 3. The van der Waals surface area contributed by atoms with Crippen LogP contribution in [0, 0.1) is 5.92 Å². The Bertz CT molecular complexity index is 737. The summed E-state index contributed by atoms with van der Waals surface area (Å²) in [6, 6.07) is 3.88. The summed E-state index contributed by atoms with van der Waals surface area (Å²) in [4.78, 5) is 14.9. The lowest BCUT2D eigenvalue weighted by Gasteiger charge is -2.42. The van der Waals surface area contributed by atoms with Crippen LogP contribution in [0.5, 0.6) is 0 Å². The fourth-order valence-corrected chi connectivity index (χ4v) is 4.48. The van der Waals surface area contributed by atoms with E-state index in [1.165, 1.54) is 12.1 Å². The number of carbonyl (C=O) groups is 1. The van der Waals surface area contributed by atoms with Gasteiger partial charge in [0.05, 0.1) is 23.7 Å². The third-order valence-electron chi connectivity index (χ3n) is 6.11. The normalized spacial score (nSPS) is 32.2. The van der Waals surface area contributed by atoms with Gasteiger partial charge in [0.25, 0.3) is 0 Å². The number of likely N-dealkylation sites (tertiary alicyclic amines) is 1. The molecule has 3 fully saturated rings. The van der Waals surface area contributed by atoms with Crippen molar-refractivity contribution < 1.29 is 22.4 Å². The Morgan fingerprint density at radius 1 is 1.17 bits per heavy atom. The number of hydrogen-bond donors (Lipinski definition) is 3. The maximum Gasteiger partial charge on any atom is 0.416 e. The van der Waals surface area contributed by atoms with Crippen molar-refractivity contribution in [3.63, 3.8) is 0 Å². The number of nitrogens with zero attached hydrogens (tertiary/aromatic N) is 2. The summed E-state index contributed by atoms with van der Waals surface area (Å²) < 4.78 is 52.2. The largest absolute Gasteiger partial charge is 0.416 e. The van der Waals surface area contributed by atoms with Crippen molar-refractivity contribution in [2.24, 2.45) is 5.92 Å². The molecule has 3 aliphatic rings. The molecule has 10 heteroatoms. The molecule has 160 valence electrons. The second-order valence-electron chi connectivity index (χ2n) is 7.88. The molecule has 0 aromatic heterocycles. The summed E-state index contributed by atoms with van der Waals surface area (Å²) in [7, 11) is 0. The van der Waals surface area contributed by atoms with Crippen LogP contribution >= 0.6 is 0 Å². The molecule has 0 bridgehead atoms. The van der Waals surface area contributed by atoms with Crippen LogP contribution in [0.3, 0.4) is 0 Å². The van der Waals surface area contributed by atoms with Gasteiger partial charge in [-0.05, 0) is 37.5 Å². The van der Waals surface area contributed by atoms with Gasteiger partial charge in [0.15, 0.2) is 0 Å². The molecule has 0 radical (unpaired) electrons. The van der Waals surface area contributed by atoms with Crippen molar-refractivity contribution in [2.45, 2.75) is 50.5 Å². The minimum atomic E-state index is -4.40. The summed E-state index contributed by atoms with van der Waals surface area (Å²) in [6.07, 6.45) is -3.09. The average Bonchev–Trinajstić information content (AvgIpc) is 3.35. The third-order valence-corrected chi connectivity index (χ3v) is 6.11. The van der Waals surface area contributed by atoms with Gasteiger partial charge >= 0.3 is 6.18 Å². The molecule has 3 N–H and O–H groups in total. The first-order valence-corrected chi connectivity index (χ1v) is 9.87. The van der Waals surface area contributed by atoms with Gasteiger partial charge in [0.2, 0.25) is 5.91 Å². The van der Waals surface area contributed by atoms with Gasteiger partial charge in [-0.25, -0.2) is 14.8 Å². The zero-order valence-electron chi connectivity index (χ0n) is 16.0. The number of alkyl halides is 4. The van der Waals surface area contributed by atoms with Crippen molar-refractivity contribution in [1.29, 1.82) is 0 Å². The molecule has 0 spiro atoms. The molecular formula is C19H25F4N5O. The van der Waals surface area contributed by atoms with Gasteiger partial charge in [-0.2, -0.15) is 13.2 Å². The molecule has 5 atom stereocenters. The second kappa shape index (κ2) is 7.82. The average molecular weight is 415 g/mol. The molecule has 3 saturated heterocycles. The van der Waals surface area contributed by atoms with Crippen LogP contribution in [0.4, 0.5) is 17.6 Å². The van der Waals surface area contributed by atoms with Gasteiger partial charge in [0.1, 0.15) is 13.0 Å². The van der Waals surface area contributed by atoms with E-state index >= 15 is 0 Å². The van der Waals surface area contributed by atoms with E-state index in [4.69, 9.17) is 0 Å². The number of hydrogen-bond acceptors (Lipinski definition) is 5. The van der Waals surface area contributed by atoms with Crippen molar-refractivity contribution in [3.8, 4) is 0 Å². The van der Waals surface area contributed by atoms with E-state index in [1.54, 1.807) is 5.01 Å². The Kier molecular flexibility index (Phi) is 5.54. The van der Waals surface area contributed by atoms with Gasteiger partial charge in [0, 0.05) is 19.1 Å².